The predicted molar refractivity (Wildman–Crippen MR) is 162 cm³/mol. The molecule has 3 unspecified atom stereocenters. The summed E-state index contributed by atoms with van der Waals surface area (Å²) >= 11 is 0. The SMILES string of the molecule is CC(=O)N[C@H]1[C@@H](OP(=O)(O)OP(=O)(OCOC(C)=O)OC[C@@H]2O[C@H](n3ccc(=O)[nH]c3=O)[C@@H](O)[C@H]2O)O[C@H](CO)[C@@H](O)[C@@H]1OP(=O)(O)OCOC(C)=O. The highest BCUT2D eigenvalue weighted by atomic mass is 31.3. The average Bonchev–Trinajstić information content (AvgIpc) is 3.30. The lowest BCUT2D eigenvalue weighted by Gasteiger charge is -2.44. The quantitative estimate of drug-likeness (QED) is 0.0405. The van der Waals surface area contributed by atoms with Crippen molar-refractivity contribution in [3.05, 3.63) is 33.1 Å². The maximum absolute atomic E-state index is 13.6. The van der Waals surface area contributed by atoms with Gasteiger partial charge in [-0.2, -0.15) is 4.31 Å². The van der Waals surface area contributed by atoms with Crippen LogP contribution in [0.2, 0.25) is 0 Å². The van der Waals surface area contributed by atoms with Crippen LogP contribution < -0.4 is 16.6 Å². The minimum Gasteiger partial charge on any atom is -0.438 e. The fourth-order valence-electron chi connectivity index (χ4n) is 4.46. The molecule has 0 saturated carbocycles. The Morgan fingerprint density at radius 2 is 1.49 bits per heavy atom. The first-order chi connectivity index (χ1) is 24.6. The van der Waals surface area contributed by atoms with Gasteiger partial charge in [-0.3, -0.25) is 42.3 Å². The van der Waals surface area contributed by atoms with Crippen molar-refractivity contribution >= 4 is 41.3 Å². The van der Waals surface area contributed by atoms with E-state index in [4.69, 9.17) is 27.6 Å². The van der Waals surface area contributed by atoms with Crippen molar-refractivity contribution in [3.63, 3.8) is 0 Å². The summed E-state index contributed by atoms with van der Waals surface area (Å²) in [6, 6.07) is -1.16. The van der Waals surface area contributed by atoms with E-state index in [2.05, 4.69) is 23.6 Å². The van der Waals surface area contributed by atoms with E-state index in [1.807, 2.05) is 4.98 Å². The molecule has 2 aliphatic rings. The summed E-state index contributed by atoms with van der Waals surface area (Å²) < 4.78 is 88.2. The van der Waals surface area contributed by atoms with E-state index in [1.54, 1.807) is 0 Å². The van der Waals surface area contributed by atoms with Gasteiger partial charge in [0.2, 0.25) is 19.5 Å². The van der Waals surface area contributed by atoms with Crippen LogP contribution in [0.15, 0.2) is 21.9 Å². The van der Waals surface area contributed by atoms with E-state index in [-0.39, 0.29) is 0 Å². The molecule has 1 amide bonds. The van der Waals surface area contributed by atoms with Gasteiger partial charge in [0.1, 0.15) is 42.7 Å². The van der Waals surface area contributed by atoms with Crippen LogP contribution in [0.25, 0.3) is 0 Å². The molecule has 2 fully saturated rings. The van der Waals surface area contributed by atoms with Gasteiger partial charge < -0.3 is 54.5 Å². The summed E-state index contributed by atoms with van der Waals surface area (Å²) in [7, 11) is -16.8. The number of aliphatic hydroxyl groups excluding tert-OH is 4. The zero-order chi connectivity index (χ0) is 39.9. The van der Waals surface area contributed by atoms with Crippen LogP contribution in [0, 0.1) is 0 Å². The number of hydrogen-bond acceptors (Lipinski definition) is 22. The van der Waals surface area contributed by atoms with E-state index >= 15 is 0 Å². The molecule has 2 aliphatic heterocycles. The molecule has 302 valence electrons. The number of carbonyl (C=O) groups is 3. The maximum atomic E-state index is 13.6. The number of phosphoric ester groups is 3. The second-order valence-electron chi connectivity index (χ2n) is 10.7. The Morgan fingerprint density at radius 3 is 2.06 bits per heavy atom. The molecule has 0 bridgehead atoms. The van der Waals surface area contributed by atoms with Crippen LogP contribution >= 0.6 is 23.5 Å². The monoisotopic (exact) mass is 831 g/mol. The van der Waals surface area contributed by atoms with E-state index in [1.165, 1.54) is 0 Å². The number of aliphatic hydroxyl groups is 4. The van der Waals surface area contributed by atoms with Crippen molar-refractivity contribution < 1.29 is 104 Å². The maximum Gasteiger partial charge on any atom is 0.486 e. The molecule has 2 saturated heterocycles. The van der Waals surface area contributed by atoms with Crippen LogP contribution in [-0.2, 0) is 74.0 Å². The molecule has 12 atom stereocenters. The van der Waals surface area contributed by atoms with Gasteiger partial charge in [-0.15, -0.1) is 0 Å². The summed E-state index contributed by atoms with van der Waals surface area (Å²) in [5.74, 6) is -2.94. The first kappa shape index (κ1) is 44.6. The molecule has 53 heavy (non-hydrogen) atoms. The lowest BCUT2D eigenvalue weighted by atomic mass is 9.97. The zero-order valence-corrected chi connectivity index (χ0v) is 30.2. The topological polar surface area (TPSA) is 383 Å². The van der Waals surface area contributed by atoms with E-state index in [0.29, 0.717) is 4.57 Å². The van der Waals surface area contributed by atoms with Crippen molar-refractivity contribution in [2.75, 3.05) is 26.8 Å². The molecule has 0 spiro atoms. The van der Waals surface area contributed by atoms with Gasteiger partial charge in [0.05, 0.1) is 13.2 Å². The number of carbonyl (C=O) groups excluding carboxylic acids is 3. The number of hydrogen-bond donors (Lipinski definition) is 8. The molecule has 8 N–H and O–H groups in total. The van der Waals surface area contributed by atoms with Crippen LogP contribution in [0.5, 0.6) is 0 Å². The normalized spacial score (nSPS) is 30.7. The molecule has 0 radical (unpaired) electrons. The van der Waals surface area contributed by atoms with Gasteiger partial charge in [0.15, 0.2) is 12.5 Å². The van der Waals surface area contributed by atoms with Crippen molar-refractivity contribution in [1.82, 2.24) is 14.9 Å². The summed E-state index contributed by atoms with van der Waals surface area (Å²) in [5, 5.41) is 43.5. The summed E-state index contributed by atoms with van der Waals surface area (Å²) in [4.78, 5) is 80.5. The van der Waals surface area contributed by atoms with Crippen LogP contribution in [0.4, 0.5) is 0 Å². The highest BCUT2D eigenvalue weighted by Crippen LogP contribution is 2.64. The number of aromatic nitrogens is 2. The zero-order valence-electron chi connectivity index (χ0n) is 27.5. The minimum atomic E-state index is -5.95. The first-order valence-electron chi connectivity index (χ1n) is 14.7. The van der Waals surface area contributed by atoms with Crippen LogP contribution in [0.1, 0.15) is 27.0 Å². The molecule has 0 aliphatic carbocycles. The smallest absolute Gasteiger partial charge is 0.438 e. The molecule has 1 aromatic heterocycles. The fourth-order valence-corrected chi connectivity index (χ4v) is 7.84. The molecule has 0 aromatic carbocycles. The number of nitrogens with one attached hydrogen (secondary N) is 2. The number of rotatable bonds is 18. The molecule has 1 aromatic rings. The number of ether oxygens (including phenoxy) is 4. The number of aromatic amines is 1. The van der Waals surface area contributed by atoms with Crippen molar-refractivity contribution in [1.29, 1.82) is 0 Å². The summed E-state index contributed by atoms with van der Waals surface area (Å²) in [6.07, 6.45) is -14.8. The standard InChI is InChI=1S/C23H36N3O24P3/c1-10(28)24-16-20(48-51(36,37)44-8-41-11(2)29)18(33)13(6-27)47-22(16)49-52(38,39)50-53(40,45-9-42-12(3)30)43-7-14-17(32)19(34)21(46-14)26-5-4-15(31)25-23(26)35/h4-5,13-14,16-22,27,32-34H,6-9H2,1-3H3,(H,24,28)(H,36,37)(H,38,39)(H,25,31,35)/t13-,14+,16-,17+,18-,19+,20-,21+,22-,53?/m1/s1. The van der Waals surface area contributed by atoms with Gasteiger partial charge in [0, 0.05) is 33.0 Å². The predicted octanol–water partition coefficient (Wildman–Crippen LogP) is -3.44. The third kappa shape index (κ3) is 12.9. The van der Waals surface area contributed by atoms with E-state index < -0.39 is 135 Å². The molecular weight excluding hydrogens is 795 g/mol. The number of nitrogens with zero attached hydrogens (tertiary/aromatic N) is 1. The fraction of sp³-hybridized carbons (Fsp3) is 0.696. The lowest BCUT2D eigenvalue weighted by molar-refractivity contribution is -0.245. The van der Waals surface area contributed by atoms with Crippen molar-refractivity contribution in [2.24, 2.45) is 0 Å². The number of H-pyrrole nitrogens is 1. The summed E-state index contributed by atoms with van der Waals surface area (Å²) in [5.41, 5.74) is -1.86. The second kappa shape index (κ2) is 18.7. The number of phosphoric acid groups is 3. The van der Waals surface area contributed by atoms with Gasteiger partial charge in [-0.1, -0.05) is 0 Å². The molecule has 3 rings (SSSR count). The number of amides is 1. The van der Waals surface area contributed by atoms with Gasteiger partial charge in [-0.25, -0.2) is 27.5 Å². The Bertz CT molecular complexity index is 1720. The first-order valence-corrected chi connectivity index (χ1v) is 19.1. The van der Waals surface area contributed by atoms with Gasteiger partial charge >= 0.3 is 41.1 Å². The molecule has 27 nitrogen and oxygen atoms in total. The van der Waals surface area contributed by atoms with Crippen molar-refractivity contribution in [2.45, 2.75) is 76.0 Å². The van der Waals surface area contributed by atoms with Gasteiger partial charge in [-0.05, 0) is 0 Å². The Labute approximate surface area is 296 Å². The van der Waals surface area contributed by atoms with E-state index in [9.17, 15) is 67.9 Å². The lowest BCUT2D eigenvalue weighted by Crippen LogP contribution is -2.65. The Hall–Kier alpha value is -2.78. The molecule has 3 heterocycles. The van der Waals surface area contributed by atoms with E-state index in [0.717, 1.165) is 33.0 Å². The largest absolute Gasteiger partial charge is 0.486 e. The Kier molecular flexibility index (Phi) is 15.7. The highest BCUT2D eigenvalue weighted by molar-refractivity contribution is 7.61. The molecule has 30 heteroatoms. The van der Waals surface area contributed by atoms with Crippen molar-refractivity contribution in [3.8, 4) is 0 Å². The summed E-state index contributed by atoms with van der Waals surface area (Å²) in [6.45, 7) is -1.94. The number of esters is 2. The average molecular weight is 831 g/mol. The Balaban J connectivity index is 1.85. The van der Waals surface area contributed by atoms with Crippen LogP contribution in [-0.4, -0.2) is 133 Å². The third-order valence-electron chi connectivity index (χ3n) is 6.73. The van der Waals surface area contributed by atoms with Gasteiger partial charge in [0.25, 0.3) is 5.56 Å². The highest BCUT2D eigenvalue weighted by Gasteiger charge is 2.53. The van der Waals surface area contributed by atoms with Crippen LogP contribution in [0.3, 0.4) is 0 Å². The molecular formula is C23H36N3O24P3. The minimum absolute atomic E-state index is 0.684. The second-order valence-corrected chi connectivity index (χ2v) is 15.3. The third-order valence-corrected chi connectivity index (χ3v) is 10.7. The Morgan fingerprint density at radius 1 is 0.868 bits per heavy atom.